The summed E-state index contributed by atoms with van der Waals surface area (Å²) in [5.74, 6) is 0.762. The summed E-state index contributed by atoms with van der Waals surface area (Å²) in [6.07, 6.45) is 0.499. The van der Waals surface area contributed by atoms with Crippen LogP contribution in [0.3, 0.4) is 0 Å². The van der Waals surface area contributed by atoms with Gasteiger partial charge in [-0.25, -0.2) is 9.59 Å². The summed E-state index contributed by atoms with van der Waals surface area (Å²) < 4.78 is 16.5. The van der Waals surface area contributed by atoms with Crippen molar-refractivity contribution in [2.45, 2.75) is 40.2 Å². The van der Waals surface area contributed by atoms with E-state index >= 15 is 0 Å². The fourth-order valence-electron chi connectivity index (χ4n) is 2.87. The predicted molar refractivity (Wildman–Crippen MR) is 97.1 cm³/mol. The Hall–Kier alpha value is -2.70. The Morgan fingerprint density at radius 1 is 1.08 bits per heavy atom. The molecule has 7 nitrogen and oxygen atoms in total. The first-order chi connectivity index (χ1) is 12.5. The van der Waals surface area contributed by atoms with Gasteiger partial charge in [-0.15, -0.1) is 0 Å². The van der Waals surface area contributed by atoms with E-state index < -0.39 is 12.0 Å². The lowest BCUT2D eigenvalue weighted by Gasteiger charge is -2.30. The summed E-state index contributed by atoms with van der Waals surface area (Å²) in [7, 11) is 0. The van der Waals surface area contributed by atoms with Crippen molar-refractivity contribution in [1.82, 2.24) is 10.6 Å². The highest BCUT2D eigenvalue weighted by Crippen LogP contribution is 2.36. The van der Waals surface area contributed by atoms with Crippen LogP contribution in [0.25, 0.3) is 0 Å². The van der Waals surface area contributed by atoms with E-state index in [-0.39, 0.29) is 12.6 Å². The van der Waals surface area contributed by atoms with Crippen LogP contribution in [-0.2, 0) is 9.53 Å². The third-order valence-corrected chi connectivity index (χ3v) is 3.91. The standard InChI is InChI=1S/C19H26N2O5/c1-5-14-16(18(22)26-8-4)17(21-19(23)20-14)13-10-9-12(24-6-2)11-15(13)25-7-3/h9-11,17H,5-8H2,1-4H3,(H2,20,21,23). The SMILES string of the molecule is CCOC(=O)C1=C(CC)NC(=O)NC1c1ccc(OCC)cc1OCC. The zero-order valence-electron chi connectivity index (χ0n) is 15.7. The number of allylic oxidation sites excluding steroid dienone is 1. The molecule has 142 valence electrons. The molecule has 7 heteroatoms. The molecule has 1 aromatic carbocycles. The van der Waals surface area contributed by atoms with E-state index in [0.29, 0.717) is 48.0 Å². The molecule has 2 N–H and O–H groups in total. The van der Waals surface area contributed by atoms with Gasteiger partial charge in [-0.05, 0) is 39.3 Å². The van der Waals surface area contributed by atoms with Crippen LogP contribution in [0.15, 0.2) is 29.5 Å². The maximum atomic E-state index is 12.6. The van der Waals surface area contributed by atoms with Crippen molar-refractivity contribution >= 4 is 12.0 Å². The molecular weight excluding hydrogens is 336 g/mol. The van der Waals surface area contributed by atoms with Crippen molar-refractivity contribution in [2.24, 2.45) is 0 Å². The monoisotopic (exact) mass is 362 g/mol. The lowest BCUT2D eigenvalue weighted by atomic mass is 9.93. The number of esters is 1. The Balaban J connectivity index is 2.54. The molecule has 0 fully saturated rings. The first-order valence-corrected chi connectivity index (χ1v) is 8.92. The molecule has 0 saturated carbocycles. The molecular formula is C19H26N2O5. The second-order valence-electron chi connectivity index (χ2n) is 5.56. The predicted octanol–water partition coefficient (Wildman–Crippen LogP) is 3.07. The molecule has 2 amide bonds. The molecule has 1 aromatic rings. The van der Waals surface area contributed by atoms with Gasteiger partial charge in [0.15, 0.2) is 0 Å². The molecule has 1 heterocycles. The van der Waals surface area contributed by atoms with Crippen molar-refractivity contribution in [3.05, 3.63) is 35.0 Å². The molecule has 0 radical (unpaired) electrons. The average molecular weight is 362 g/mol. The number of carbonyl (C=O) groups excluding carboxylic acids is 2. The summed E-state index contributed by atoms with van der Waals surface area (Å²) in [4.78, 5) is 24.7. The van der Waals surface area contributed by atoms with E-state index in [0.717, 1.165) is 0 Å². The van der Waals surface area contributed by atoms with Crippen LogP contribution in [-0.4, -0.2) is 31.8 Å². The number of urea groups is 1. The van der Waals surface area contributed by atoms with Gasteiger partial charge in [-0.2, -0.15) is 0 Å². The van der Waals surface area contributed by atoms with Gasteiger partial charge >= 0.3 is 12.0 Å². The molecule has 1 unspecified atom stereocenters. The Labute approximate surface area is 153 Å². The van der Waals surface area contributed by atoms with Crippen LogP contribution >= 0.6 is 0 Å². The number of rotatable bonds is 8. The van der Waals surface area contributed by atoms with E-state index in [1.165, 1.54) is 0 Å². The van der Waals surface area contributed by atoms with E-state index in [4.69, 9.17) is 14.2 Å². The highest BCUT2D eigenvalue weighted by Gasteiger charge is 2.34. The van der Waals surface area contributed by atoms with E-state index in [9.17, 15) is 9.59 Å². The van der Waals surface area contributed by atoms with Gasteiger partial charge in [0.2, 0.25) is 0 Å². The third-order valence-electron chi connectivity index (χ3n) is 3.91. The minimum absolute atomic E-state index is 0.252. The quantitative estimate of drug-likeness (QED) is 0.694. The smallest absolute Gasteiger partial charge is 0.338 e. The topological polar surface area (TPSA) is 85.9 Å². The molecule has 0 spiro atoms. The summed E-state index contributed by atoms with van der Waals surface area (Å²) in [6.45, 7) is 8.62. The molecule has 0 saturated heterocycles. The molecule has 1 aliphatic heterocycles. The minimum Gasteiger partial charge on any atom is -0.494 e. The van der Waals surface area contributed by atoms with Crippen LogP contribution in [0.1, 0.15) is 45.7 Å². The van der Waals surface area contributed by atoms with Crippen molar-refractivity contribution in [3.8, 4) is 11.5 Å². The molecule has 0 aromatic heterocycles. The zero-order valence-corrected chi connectivity index (χ0v) is 15.7. The zero-order chi connectivity index (χ0) is 19.1. The highest BCUT2D eigenvalue weighted by molar-refractivity contribution is 5.95. The van der Waals surface area contributed by atoms with Crippen molar-refractivity contribution < 1.29 is 23.8 Å². The van der Waals surface area contributed by atoms with Crippen LogP contribution in [0, 0.1) is 0 Å². The number of hydrogen-bond acceptors (Lipinski definition) is 5. The highest BCUT2D eigenvalue weighted by atomic mass is 16.5. The van der Waals surface area contributed by atoms with Crippen molar-refractivity contribution in [1.29, 1.82) is 0 Å². The summed E-state index contributed by atoms with van der Waals surface area (Å²) >= 11 is 0. The van der Waals surface area contributed by atoms with Crippen LogP contribution in [0.2, 0.25) is 0 Å². The van der Waals surface area contributed by atoms with Crippen molar-refractivity contribution in [2.75, 3.05) is 19.8 Å². The fraction of sp³-hybridized carbons (Fsp3) is 0.474. The maximum Gasteiger partial charge on any atom is 0.338 e. The van der Waals surface area contributed by atoms with Crippen LogP contribution < -0.4 is 20.1 Å². The molecule has 0 bridgehead atoms. The average Bonchev–Trinajstić information content (AvgIpc) is 2.62. The molecule has 1 aliphatic rings. The van der Waals surface area contributed by atoms with E-state index in [1.807, 2.05) is 20.8 Å². The lowest BCUT2D eigenvalue weighted by Crippen LogP contribution is -2.46. The van der Waals surface area contributed by atoms with Crippen molar-refractivity contribution in [3.63, 3.8) is 0 Å². The number of amides is 2. The number of benzene rings is 1. The molecule has 0 aliphatic carbocycles. The van der Waals surface area contributed by atoms with Gasteiger partial charge in [0.05, 0.1) is 31.4 Å². The summed E-state index contributed by atoms with van der Waals surface area (Å²) in [6, 6.07) is 4.35. The maximum absolute atomic E-state index is 12.6. The van der Waals surface area contributed by atoms with Gasteiger partial charge in [-0.1, -0.05) is 6.92 Å². The normalized spacial score (nSPS) is 16.6. The number of carbonyl (C=O) groups is 2. The molecule has 1 atom stereocenters. The second-order valence-corrected chi connectivity index (χ2v) is 5.56. The third kappa shape index (κ3) is 4.28. The first kappa shape index (κ1) is 19.6. The van der Waals surface area contributed by atoms with Gasteiger partial charge < -0.3 is 24.8 Å². The first-order valence-electron chi connectivity index (χ1n) is 8.92. The van der Waals surface area contributed by atoms with E-state index in [1.54, 1.807) is 25.1 Å². The second kappa shape index (κ2) is 9.12. The number of hydrogen-bond donors (Lipinski definition) is 2. The Kier molecular flexibility index (Phi) is 6.89. The van der Waals surface area contributed by atoms with Crippen LogP contribution in [0.4, 0.5) is 4.79 Å². The van der Waals surface area contributed by atoms with E-state index in [2.05, 4.69) is 10.6 Å². The van der Waals surface area contributed by atoms with Gasteiger partial charge in [-0.3, -0.25) is 0 Å². The minimum atomic E-state index is -0.657. The van der Waals surface area contributed by atoms with Gasteiger partial charge in [0.25, 0.3) is 0 Å². The summed E-state index contributed by atoms with van der Waals surface area (Å²) in [5, 5.41) is 5.51. The van der Waals surface area contributed by atoms with Gasteiger partial charge in [0, 0.05) is 17.3 Å². The Morgan fingerprint density at radius 2 is 1.81 bits per heavy atom. The number of ether oxygens (including phenoxy) is 3. The lowest BCUT2D eigenvalue weighted by molar-refractivity contribution is -0.139. The largest absolute Gasteiger partial charge is 0.494 e. The summed E-state index contributed by atoms with van der Waals surface area (Å²) in [5.41, 5.74) is 1.62. The molecule has 26 heavy (non-hydrogen) atoms. The van der Waals surface area contributed by atoms with Gasteiger partial charge in [0.1, 0.15) is 11.5 Å². The molecule has 2 rings (SSSR count). The Bertz CT molecular complexity index is 699. The fourth-order valence-corrected chi connectivity index (χ4v) is 2.87. The number of nitrogens with one attached hydrogen (secondary N) is 2. The van der Waals surface area contributed by atoms with Crippen LogP contribution in [0.5, 0.6) is 11.5 Å². The Morgan fingerprint density at radius 3 is 2.42 bits per heavy atom.